The van der Waals surface area contributed by atoms with Gasteiger partial charge >= 0.3 is 0 Å². The Labute approximate surface area is 118 Å². The van der Waals surface area contributed by atoms with Crippen LogP contribution in [0, 0.1) is 11.8 Å². The highest BCUT2D eigenvalue weighted by atomic mass is 15.1. The summed E-state index contributed by atoms with van der Waals surface area (Å²) in [7, 11) is 2.23. The van der Waals surface area contributed by atoms with E-state index in [0.29, 0.717) is 6.04 Å². The highest BCUT2D eigenvalue weighted by Gasteiger charge is 2.33. The Kier molecular flexibility index (Phi) is 4.87. The van der Waals surface area contributed by atoms with E-state index in [1.807, 2.05) is 0 Å². The van der Waals surface area contributed by atoms with E-state index in [2.05, 4.69) is 62.3 Å². The van der Waals surface area contributed by atoms with Crippen molar-refractivity contribution in [3.63, 3.8) is 0 Å². The van der Waals surface area contributed by atoms with Gasteiger partial charge in [0.2, 0.25) is 0 Å². The summed E-state index contributed by atoms with van der Waals surface area (Å²) < 4.78 is 0. The van der Waals surface area contributed by atoms with Crippen LogP contribution in [0.4, 0.5) is 5.69 Å². The van der Waals surface area contributed by atoms with Gasteiger partial charge < -0.3 is 10.2 Å². The van der Waals surface area contributed by atoms with Crippen molar-refractivity contribution in [1.29, 1.82) is 0 Å². The fourth-order valence-electron chi connectivity index (χ4n) is 2.78. The van der Waals surface area contributed by atoms with Crippen LogP contribution in [0.25, 0.3) is 0 Å². The van der Waals surface area contributed by atoms with Gasteiger partial charge in [0.25, 0.3) is 0 Å². The lowest BCUT2D eigenvalue weighted by atomic mass is 10.0. The number of hydrogen-bond acceptors (Lipinski definition) is 2. The Bertz CT molecular complexity index is 402. The summed E-state index contributed by atoms with van der Waals surface area (Å²) in [6, 6.07) is 9.24. The van der Waals surface area contributed by atoms with E-state index < -0.39 is 0 Å². The molecule has 1 N–H and O–H groups in total. The molecule has 0 aliphatic heterocycles. The number of rotatable bonds is 7. The Hall–Kier alpha value is -1.02. The molecule has 0 amide bonds. The molecule has 0 bridgehead atoms. The van der Waals surface area contributed by atoms with Gasteiger partial charge in [-0.15, -0.1) is 0 Å². The Morgan fingerprint density at radius 2 is 2.05 bits per heavy atom. The number of hydrogen-bond donors (Lipinski definition) is 1. The third-order valence-electron chi connectivity index (χ3n) is 4.30. The van der Waals surface area contributed by atoms with Crippen molar-refractivity contribution in [2.24, 2.45) is 11.8 Å². The largest absolute Gasteiger partial charge is 0.374 e. The smallest absolute Gasteiger partial charge is 0.0412 e. The lowest BCUT2D eigenvalue weighted by Gasteiger charge is -2.25. The van der Waals surface area contributed by atoms with Crippen molar-refractivity contribution in [2.75, 3.05) is 25.0 Å². The zero-order valence-corrected chi connectivity index (χ0v) is 12.8. The quantitative estimate of drug-likeness (QED) is 0.801. The minimum atomic E-state index is 0.426. The van der Waals surface area contributed by atoms with Crippen LogP contribution < -0.4 is 10.2 Å². The minimum absolute atomic E-state index is 0.426. The van der Waals surface area contributed by atoms with Crippen molar-refractivity contribution in [2.45, 2.75) is 39.7 Å². The molecule has 0 radical (unpaired) electrons. The topological polar surface area (TPSA) is 15.3 Å². The Balaban J connectivity index is 2.06. The highest BCUT2D eigenvalue weighted by molar-refractivity contribution is 5.54. The van der Waals surface area contributed by atoms with Crippen LogP contribution in [0.3, 0.4) is 0 Å². The van der Waals surface area contributed by atoms with Crippen molar-refractivity contribution in [1.82, 2.24) is 5.32 Å². The predicted octanol–water partition coefficient (Wildman–Crippen LogP) is 3.84. The fraction of sp³-hybridized carbons (Fsp3) is 0.647. The molecule has 0 saturated heterocycles. The van der Waals surface area contributed by atoms with Crippen LogP contribution >= 0.6 is 0 Å². The van der Waals surface area contributed by atoms with E-state index in [-0.39, 0.29) is 0 Å². The average molecular weight is 260 g/mol. The maximum atomic E-state index is 3.59. The SMILES string of the molecule is CCCNC(C)c1ccccc1N(C)CC1CC1C. The maximum absolute atomic E-state index is 3.59. The molecule has 0 spiro atoms. The van der Waals surface area contributed by atoms with E-state index in [1.54, 1.807) is 0 Å². The van der Waals surface area contributed by atoms with E-state index >= 15 is 0 Å². The molecule has 19 heavy (non-hydrogen) atoms. The molecule has 1 aromatic carbocycles. The second-order valence-electron chi connectivity index (χ2n) is 6.09. The third kappa shape index (κ3) is 3.73. The first-order valence-corrected chi connectivity index (χ1v) is 7.67. The van der Waals surface area contributed by atoms with Crippen LogP contribution in [0.5, 0.6) is 0 Å². The lowest BCUT2D eigenvalue weighted by molar-refractivity contribution is 0.569. The van der Waals surface area contributed by atoms with Crippen LogP contribution in [0.15, 0.2) is 24.3 Å². The predicted molar refractivity (Wildman–Crippen MR) is 83.7 cm³/mol. The van der Waals surface area contributed by atoms with Gasteiger partial charge in [0.05, 0.1) is 0 Å². The monoisotopic (exact) mass is 260 g/mol. The molecule has 0 heterocycles. The number of anilines is 1. The van der Waals surface area contributed by atoms with Crippen LogP contribution in [-0.4, -0.2) is 20.1 Å². The van der Waals surface area contributed by atoms with E-state index in [1.165, 1.54) is 30.6 Å². The lowest BCUT2D eigenvalue weighted by Crippen LogP contribution is -2.25. The number of nitrogens with zero attached hydrogens (tertiary/aromatic N) is 1. The summed E-state index contributed by atoms with van der Waals surface area (Å²) in [6.45, 7) is 9.11. The summed E-state index contributed by atoms with van der Waals surface area (Å²) in [5.74, 6) is 1.82. The van der Waals surface area contributed by atoms with Gasteiger partial charge in [-0.25, -0.2) is 0 Å². The van der Waals surface area contributed by atoms with Gasteiger partial charge in [-0.1, -0.05) is 32.0 Å². The normalized spacial score (nSPS) is 23.2. The molecule has 2 rings (SSSR count). The fourth-order valence-corrected chi connectivity index (χ4v) is 2.78. The second-order valence-corrected chi connectivity index (χ2v) is 6.09. The van der Waals surface area contributed by atoms with Gasteiger partial charge in [-0.05, 0) is 49.8 Å². The number of nitrogens with one attached hydrogen (secondary N) is 1. The third-order valence-corrected chi connectivity index (χ3v) is 4.30. The van der Waals surface area contributed by atoms with Gasteiger partial charge in [0.15, 0.2) is 0 Å². The van der Waals surface area contributed by atoms with Gasteiger partial charge in [-0.2, -0.15) is 0 Å². The molecule has 106 valence electrons. The first kappa shape index (κ1) is 14.4. The van der Waals surface area contributed by atoms with Crippen LogP contribution in [0.2, 0.25) is 0 Å². The molecular weight excluding hydrogens is 232 g/mol. The van der Waals surface area contributed by atoms with Gasteiger partial charge in [0.1, 0.15) is 0 Å². The molecule has 2 nitrogen and oxygen atoms in total. The molecule has 3 atom stereocenters. The summed E-state index contributed by atoms with van der Waals surface area (Å²) in [4.78, 5) is 2.44. The summed E-state index contributed by atoms with van der Waals surface area (Å²) in [5.41, 5.74) is 2.81. The first-order valence-electron chi connectivity index (χ1n) is 7.67. The highest BCUT2D eigenvalue weighted by Crippen LogP contribution is 2.39. The average Bonchev–Trinajstić information content (AvgIpc) is 3.11. The summed E-state index contributed by atoms with van der Waals surface area (Å²) in [5, 5.41) is 3.59. The first-order chi connectivity index (χ1) is 9.13. The molecule has 1 saturated carbocycles. The number of para-hydroxylation sites is 1. The molecule has 1 aliphatic rings. The van der Waals surface area contributed by atoms with Crippen molar-refractivity contribution in [3.8, 4) is 0 Å². The van der Waals surface area contributed by atoms with Crippen LogP contribution in [-0.2, 0) is 0 Å². The molecular formula is C17H28N2. The van der Waals surface area contributed by atoms with Crippen LogP contribution in [0.1, 0.15) is 45.2 Å². The van der Waals surface area contributed by atoms with Crippen molar-refractivity contribution < 1.29 is 0 Å². The minimum Gasteiger partial charge on any atom is -0.374 e. The number of benzene rings is 1. The maximum Gasteiger partial charge on any atom is 0.0412 e. The van der Waals surface area contributed by atoms with E-state index in [9.17, 15) is 0 Å². The van der Waals surface area contributed by atoms with Gasteiger partial charge in [0, 0.05) is 25.3 Å². The molecule has 3 unspecified atom stereocenters. The molecule has 1 aliphatic carbocycles. The molecule has 2 heteroatoms. The summed E-state index contributed by atoms with van der Waals surface area (Å²) in [6.07, 6.45) is 2.58. The standard InChI is InChI=1S/C17H28N2/c1-5-10-18-14(3)16-8-6-7-9-17(16)19(4)12-15-11-13(15)2/h6-9,13-15,18H,5,10-12H2,1-4H3. The molecule has 1 aromatic rings. The molecule has 0 aromatic heterocycles. The Morgan fingerprint density at radius 1 is 1.37 bits per heavy atom. The van der Waals surface area contributed by atoms with Crippen molar-refractivity contribution >= 4 is 5.69 Å². The zero-order valence-electron chi connectivity index (χ0n) is 12.8. The van der Waals surface area contributed by atoms with Gasteiger partial charge in [-0.3, -0.25) is 0 Å². The summed E-state index contributed by atoms with van der Waals surface area (Å²) >= 11 is 0. The Morgan fingerprint density at radius 3 is 2.68 bits per heavy atom. The molecule has 1 fully saturated rings. The van der Waals surface area contributed by atoms with E-state index in [0.717, 1.165) is 18.4 Å². The second kappa shape index (κ2) is 6.42. The van der Waals surface area contributed by atoms with Crippen molar-refractivity contribution in [3.05, 3.63) is 29.8 Å². The zero-order chi connectivity index (χ0) is 13.8. The van der Waals surface area contributed by atoms with E-state index in [4.69, 9.17) is 0 Å².